The fourth-order valence-electron chi connectivity index (χ4n) is 2.68. The molecule has 0 heterocycles. The first-order valence-electron chi connectivity index (χ1n) is 9.21. The number of alkyl halides is 2. The van der Waals surface area contributed by atoms with Gasteiger partial charge in [0.05, 0.1) is 0 Å². The lowest BCUT2D eigenvalue weighted by molar-refractivity contribution is -0.0498. The van der Waals surface area contributed by atoms with Gasteiger partial charge in [-0.05, 0) is 57.1 Å². The molecule has 0 fully saturated rings. The van der Waals surface area contributed by atoms with E-state index in [1.807, 2.05) is 6.07 Å². The van der Waals surface area contributed by atoms with Crippen LogP contribution in [-0.4, -0.2) is 50.2 Å². The van der Waals surface area contributed by atoms with Crippen LogP contribution in [0.15, 0.2) is 29.3 Å². The Morgan fingerprint density at radius 1 is 1.26 bits per heavy atom. The third-order valence-electron chi connectivity index (χ3n) is 4.20. The third kappa shape index (κ3) is 11.3. The van der Waals surface area contributed by atoms with Gasteiger partial charge in [-0.1, -0.05) is 26.0 Å². The minimum Gasteiger partial charge on any atom is -0.435 e. The second-order valence-corrected chi connectivity index (χ2v) is 6.17. The molecule has 1 unspecified atom stereocenters. The molecule has 2 N–H and O–H groups in total. The maximum atomic E-state index is 12.3. The average Bonchev–Trinajstić information content (AvgIpc) is 2.62. The predicted molar refractivity (Wildman–Crippen MR) is 118 cm³/mol. The van der Waals surface area contributed by atoms with Crippen LogP contribution in [0, 0.1) is 0 Å². The van der Waals surface area contributed by atoms with Gasteiger partial charge in [0.25, 0.3) is 0 Å². The first-order chi connectivity index (χ1) is 12.5. The lowest BCUT2D eigenvalue weighted by Gasteiger charge is -2.21. The van der Waals surface area contributed by atoms with Crippen molar-refractivity contribution < 1.29 is 13.5 Å². The first-order valence-corrected chi connectivity index (χ1v) is 9.21. The number of rotatable bonds is 11. The van der Waals surface area contributed by atoms with E-state index >= 15 is 0 Å². The zero-order valence-corrected chi connectivity index (χ0v) is 19.0. The number of nitrogens with one attached hydrogen (secondary N) is 2. The molecule has 0 radical (unpaired) electrons. The van der Waals surface area contributed by atoms with Crippen LogP contribution in [0.2, 0.25) is 0 Å². The zero-order valence-electron chi connectivity index (χ0n) is 16.7. The van der Waals surface area contributed by atoms with Crippen molar-refractivity contribution in [3.63, 3.8) is 0 Å². The fourth-order valence-corrected chi connectivity index (χ4v) is 2.68. The van der Waals surface area contributed by atoms with Gasteiger partial charge in [-0.15, -0.1) is 24.0 Å². The largest absolute Gasteiger partial charge is 0.435 e. The normalized spacial score (nSPS) is 12.7. The molecule has 156 valence electrons. The molecule has 1 rings (SSSR count). The van der Waals surface area contributed by atoms with E-state index in [4.69, 9.17) is 0 Å². The molecule has 0 aliphatic carbocycles. The van der Waals surface area contributed by atoms with Gasteiger partial charge in [0, 0.05) is 19.6 Å². The number of benzene rings is 1. The summed E-state index contributed by atoms with van der Waals surface area (Å²) in [6, 6.07) is 6.96. The van der Waals surface area contributed by atoms with E-state index < -0.39 is 6.61 Å². The molecule has 8 heteroatoms. The van der Waals surface area contributed by atoms with Gasteiger partial charge in [-0.3, -0.25) is 4.99 Å². The second kappa shape index (κ2) is 14.8. The summed E-state index contributed by atoms with van der Waals surface area (Å²) < 4.78 is 29.0. The number of halogens is 3. The molecule has 1 aromatic carbocycles. The molecule has 5 nitrogen and oxygen atoms in total. The molecule has 0 aromatic heterocycles. The fraction of sp³-hybridized carbons (Fsp3) is 0.632. The number of hydrogen-bond acceptors (Lipinski definition) is 3. The van der Waals surface area contributed by atoms with Crippen LogP contribution in [0.5, 0.6) is 5.75 Å². The van der Waals surface area contributed by atoms with Gasteiger partial charge in [-0.25, -0.2) is 0 Å². The Labute approximate surface area is 179 Å². The van der Waals surface area contributed by atoms with E-state index in [1.54, 1.807) is 19.2 Å². The van der Waals surface area contributed by atoms with Crippen LogP contribution in [0.3, 0.4) is 0 Å². The van der Waals surface area contributed by atoms with Gasteiger partial charge in [-0.2, -0.15) is 8.78 Å². The summed E-state index contributed by atoms with van der Waals surface area (Å²) >= 11 is 0. The van der Waals surface area contributed by atoms with E-state index in [0.717, 1.165) is 38.0 Å². The molecule has 27 heavy (non-hydrogen) atoms. The molecule has 1 aromatic rings. The Hall–Kier alpha value is -1.16. The van der Waals surface area contributed by atoms with Crippen LogP contribution in [0.4, 0.5) is 8.78 Å². The summed E-state index contributed by atoms with van der Waals surface area (Å²) in [5.41, 5.74) is 0.847. The average molecular weight is 498 g/mol. The summed E-state index contributed by atoms with van der Waals surface area (Å²) in [5.74, 6) is 0.854. The minimum absolute atomic E-state index is 0. The van der Waals surface area contributed by atoms with Gasteiger partial charge in [0.15, 0.2) is 5.96 Å². The maximum Gasteiger partial charge on any atom is 0.387 e. The maximum absolute atomic E-state index is 12.3. The molecule has 0 saturated carbocycles. The van der Waals surface area contributed by atoms with Gasteiger partial charge in [0.1, 0.15) is 5.75 Å². The molecule has 0 amide bonds. The monoisotopic (exact) mass is 498 g/mol. The molecule has 1 atom stereocenters. The van der Waals surface area contributed by atoms with E-state index in [1.165, 1.54) is 6.07 Å². The standard InChI is InChI=1S/C19H32F2N4O.HI/c1-5-25(6-2)12-8-9-15(3)24-19(22-4)23-14-16-10-7-11-17(13-16)26-18(20)21;/h7,10-11,13,15,18H,5-6,8-9,12,14H2,1-4H3,(H2,22,23,24);1H. The van der Waals surface area contributed by atoms with Gasteiger partial charge < -0.3 is 20.3 Å². The van der Waals surface area contributed by atoms with Crippen molar-refractivity contribution in [2.24, 2.45) is 4.99 Å². The highest BCUT2D eigenvalue weighted by molar-refractivity contribution is 14.0. The zero-order chi connectivity index (χ0) is 19.4. The summed E-state index contributed by atoms with van der Waals surface area (Å²) in [5, 5.41) is 6.57. The van der Waals surface area contributed by atoms with Crippen LogP contribution < -0.4 is 15.4 Å². The van der Waals surface area contributed by atoms with Crippen molar-refractivity contribution in [2.75, 3.05) is 26.7 Å². The molecular formula is C19H33F2IN4O. The van der Waals surface area contributed by atoms with E-state index in [2.05, 4.69) is 46.0 Å². The lowest BCUT2D eigenvalue weighted by atomic mass is 10.2. The van der Waals surface area contributed by atoms with Crippen LogP contribution in [-0.2, 0) is 6.54 Å². The van der Waals surface area contributed by atoms with Crippen molar-refractivity contribution in [2.45, 2.75) is 52.8 Å². The quantitative estimate of drug-likeness (QED) is 0.274. The van der Waals surface area contributed by atoms with Gasteiger partial charge in [0.2, 0.25) is 0 Å². The number of hydrogen-bond donors (Lipinski definition) is 2. The summed E-state index contributed by atoms with van der Waals surface area (Å²) in [6.07, 6.45) is 2.18. The van der Waals surface area contributed by atoms with Crippen LogP contribution >= 0.6 is 24.0 Å². The minimum atomic E-state index is -2.81. The Kier molecular flexibility index (Phi) is 14.2. The van der Waals surface area contributed by atoms with Crippen molar-refractivity contribution >= 4 is 29.9 Å². The molecular weight excluding hydrogens is 465 g/mol. The Morgan fingerprint density at radius 2 is 1.96 bits per heavy atom. The summed E-state index contributed by atoms with van der Waals surface area (Å²) in [6.45, 7) is 7.41. The van der Waals surface area contributed by atoms with E-state index in [9.17, 15) is 8.78 Å². The van der Waals surface area contributed by atoms with Crippen molar-refractivity contribution in [1.29, 1.82) is 0 Å². The first kappa shape index (κ1) is 25.8. The SMILES string of the molecule is CCN(CC)CCCC(C)NC(=NC)NCc1cccc(OC(F)F)c1.I. The highest BCUT2D eigenvalue weighted by Gasteiger charge is 2.08. The third-order valence-corrected chi connectivity index (χ3v) is 4.20. The Bertz CT molecular complexity index is 542. The molecule has 0 saturated heterocycles. The number of aliphatic imine (C=N–C) groups is 1. The number of nitrogens with zero attached hydrogens (tertiary/aromatic N) is 2. The van der Waals surface area contributed by atoms with Gasteiger partial charge >= 0.3 is 6.61 Å². The smallest absolute Gasteiger partial charge is 0.387 e. The highest BCUT2D eigenvalue weighted by Crippen LogP contribution is 2.15. The molecule has 0 bridgehead atoms. The molecule has 0 aliphatic heterocycles. The molecule has 0 aliphatic rings. The van der Waals surface area contributed by atoms with Crippen molar-refractivity contribution in [3.8, 4) is 5.75 Å². The topological polar surface area (TPSA) is 48.9 Å². The van der Waals surface area contributed by atoms with E-state index in [0.29, 0.717) is 18.5 Å². The molecule has 0 spiro atoms. The van der Waals surface area contributed by atoms with Crippen LogP contribution in [0.1, 0.15) is 39.2 Å². The number of guanidine groups is 1. The number of ether oxygens (including phenoxy) is 1. The predicted octanol–water partition coefficient (Wildman–Crippen LogP) is 4.08. The van der Waals surface area contributed by atoms with E-state index in [-0.39, 0.29) is 29.7 Å². The van der Waals surface area contributed by atoms with Crippen LogP contribution in [0.25, 0.3) is 0 Å². The Balaban J connectivity index is 0.00000676. The van der Waals surface area contributed by atoms with Crippen molar-refractivity contribution in [1.82, 2.24) is 15.5 Å². The second-order valence-electron chi connectivity index (χ2n) is 6.17. The summed E-state index contributed by atoms with van der Waals surface area (Å²) in [7, 11) is 1.72. The highest BCUT2D eigenvalue weighted by atomic mass is 127. The Morgan fingerprint density at radius 3 is 2.56 bits per heavy atom. The van der Waals surface area contributed by atoms with Crippen molar-refractivity contribution in [3.05, 3.63) is 29.8 Å². The summed E-state index contributed by atoms with van der Waals surface area (Å²) in [4.78, 5) is 6.63. The lowest BCUT2D eigenvalue weighted by Crippen LogP contribution is -2.42.